The molecule has 0 saturated carbocycles. The highest BCUT2D eigenvalue weighted by Gasteiger charge is 2.11. The van der Waals surface area contributed by atoms with E-state index in [1.165, 1.54) is 4.57 Å². The van der Waals surface area contributed by atoms with E-state index in [9.17, 15) is 9.59 Å². The molecule has 1 aromatic heterocycles. The van der Waals surface area contributed by atoms with Gasteiger partial charge in [0.15, 0.2) is 4.77 Å². The minimum absolute atomic E-state index is 0.186. The topological polar surface area (TPSA) is 66.9 Å². The summed E-state index contributed by atoms with van der Waals surface area (Å²) < 4.78 is 1.74. The Bertz CT molecular complexity index is 1280. The van der Waals surface area contributed by atoms with Crippen LogP contribution in [0.2, 0.25) is 0 Å². The molecule has 144 valence electrons. The van der Waals surface area contributed by atoms with Crippen LogP contribution in [-0.4, -0.2) is 22.0 Å². The zero-order valence-corrected chi connectivity index (χ0v) is 16.4. The zero-order valence-electron chi connectivity index (χ0n) is 15.6. The number of para-hydroxylation sites is 1. The average molecular weight is 401 g/mol. The van der Waals surface area contributed by atoms with Crippen LogP contribution in [0.4, 0.5) is 0 Å². The number of aromatic amines is 1. The van der Waals surface area contributed by atoms with Gasteiger partial charge < -0.3 is 10.3 Å². The molecule has 29 heavy (non-hydrogen) atoms. The SMILES string of the molecule is O=C(NCCc1ccccc1)c1ccc2c(=O)n(-c3ccccc3)c(=S)[nH]c2c1. The lowest BCUT2D eigenvalue weighted by Gasteiger charge is -2.10. The van der Waals surface area contributed by atoms with E-state index in [1.54, 1.807) is 18.2 Å². The summed E-state index contributed by atoms with van der Waals surface area (Å²) in [7, 11) is 0. The predicted octanol–water partition coefficient (Wildman–Crippen LogP) is 4.02. The Hall–Kier alpha value is -3.51. The molecular weight excluding hydrogens is 382 g/mol. The van der Waals surface area contributed by atoms with Crippen LogP contribution in [0.15, 0.2) is 83.7 Å². The molecule has 3 aromatic carbocycles. The van der Waals surface area contributed by atoms with Crippen molar-refractivity contribution in [2.75, 3.05) is 6.54 Å². The zero-order chi connectivity index (χ0) is 20.2. The summed E-state index contributed by atoms with van der Waals surface area (Å²) in [4.78, 5) is 28.5. The lowest BCUT2D eigenvalue weighted by Crippen LogP contribution is -2.26. The summed E-state index contributed by atoms with van der Waals surface area (Å²) >= 11 is 5.39. The van der Waals surface area contributed by atoms with Gasteiger partial charge in [-0.15, -0.1) is 0 Å². The molecule has 0 fully saturated rings. The summed E-state index contributed by atoms with van der Waals surface area (Å²) in [5, 5.41) is 3.39. The number of carbonyl (C=O) groups is 1. The second kappa shape index (κ2) is 8.24. The monoisotopic (exact) mass is 401 g/mol. The summed E-state index contributed by atoms with van der Waals surface area (Å²) in [6.07, 6.45) is 0.754. The minimum atomic E-state index is -0.217. The smallest absolute Gasteiger partial charge is 0.266 e. The Labute approximate surface area is 172 Å². The molecule has 6 heteroatoms. The third-order valence-electron chi connectivity index (χ3n) is 4.72. The van der Waals surface area contributed by atoms with E-state index in [2.05, 4.69) is 10.3 Å². The molecule has 0 bridgehead atoms. The number of rotatable bonds is 5. The second-order valence-corrected chi connectivity index (χ2v) is 7.04. The summed E-state index contributed by atoms with van der Waals surface area (Å²) in [6.45, 7) is 0.534. The van der Waals surface area contributed by atoms with Crippen LogP contribution in [0.3, 0.4) is 0 Å². The van der Waals surface area contributed by atoms with Gasteiger partial charge in [0, 0.05) is 12.1 Å². The third kappa shape index (κ3) is 4.02. The quantitative estimate of drug-likeness (QED) is 0.497. The van der Waals surface area contributed by atoms with Crippen LogP contribution in [-0.2, 0) is 6.42 Å². The highest BCUT2D eigenvalue weighted by Crippen LogP contribution is 2.13. The molecule has 0 spiro atoms. The highest BCUT2D eigenvalue weighted by atomic mass is 32.1. The Morgan fingerprint density at radius 1 is 0.966 bits per heavy atom. The Morgan fingerprint density at radius 2 is 1.66 bits per heavy atom. The first kappa shape index (κ1) is 18.8. The largest absolute Gasteiger partial charge is 0.352 e. The number of carbonyl (C=O) groups excluding carboxylic acids is 1. The van der Waals surface area contributed by atoms with Crippen molar-refractivity contribution in [2.24, 2.45) is 0 Å². The van der Waals surface area contributed by atoms with Gasteiger partial charge in [0.1, 0.15) is 0 Å². The van der Waals surface area contributed by atoms with Crippen molar-refractivity contribution < 1.29 is 4.79 Å². The molecule has 0 saturated heterocycles. The molecule has 0 aliphatic rings. The molecule has 5 nitrogen and oxygen atoms in total. The number of hydrogen-bond acceptors (Lipinski definition) is 3. The van der Waals surface area contributed by atoms with Crippen LogP contribution in [0.1, 0.15) is 15.9 Å². The minimum Gasteiger partial charge on any atom is -0.352 e. The molecule has 2 N–H and O–H groups in total. The third-order valence-corrected chi connectivity index (χ3v) is 5.00. The van der Waals surface area contributed by atoms with Crippen LogP contribution in [0.5, 0.6) is 0 Å². The molecule has 0 radical (unpaired) electrons. The normalized spacial score (nSPS) is 10.8. The molecule has 0 aliphatic carbocycles. The van der Waals surface area contributed by atoms with Gasteiger partial charge in [0.25, 0.3) is 11.5 Å². The molecular formula is C23H19N3O2S. The Morgan fingerprint density at radius 3 is 2.38 bits per heavy atom. The van der Waals surface area contributed by atoms with Crippen molar-refractivity contribution in [1.29, 1.82) is 0 Å². The molecule has 0 atom stereocenters. The van der Waals surface area contributed by atoms with Gasteiger partial charge in [0.05, 0.1) is 16.6 Å². The Balaban J connectivity index is 1.59. The number of H-pyrrole nitrogens is 1. The Kier molecular flexibility index (Phi) is 5.35. The van der Waals surface area contributed by atoms with Crippen molar-refractivity contribution in [3.05, 3.63) is 105 Å². The molecule has 0 unspecified atom stereocenters. The number of aromatic nitrogens is 2. The second-order valence-electron chi connectivity index (χ2n) is 6.66. The van der Waals surface area contributed by atoms with Crippen LogP contribution in [0.25, 0.3) is 16.6 Å². The van der Waals surface area contributed by atoms with E-state index in [0.717, 1.165) is 12.0 Å². The summed E-state index contributed by atoms with van der Waals surface area (Å²) in [5.41, 5.74) is 2.67. The summed E-state index contributed by atoms with van der Waals surface area (Å²) in [6, 6.07) is 24.2. The van der Waals surface area contributed by atoms with Gasteiger partial charge in [-0.1, -0.05) is 48.5 Å². The van der Waals surface area contributed by atoms with E-state index in [4.69, 9.17) is 12.2 Å². The summed E-state index contributed by atoms with van der Waals surface area (Å²) in [5.74, 6) is -0.186. The number of benzene rings is 3. The number of nitrogens with one attached hydrogen (secondary N) is 2. The van der Waals surface area contributed by atoms with E-state index in [1.807, 2.05) is 60.7 Å². The fourth-order valence-electron chi connectivity index (χ4n) is 3.24. The number of hydrogen-bond donors (Lipinski definition) is 2. The van der Waals surface area contributed by atoms with E-state index in [0.29, 0.717) is 28.7 Å². The van der Waals surface area contributed by atoms with E-state index < -0.39 is 0 Å². The van der Waals surface area contributed by atoms with Crippen molar-refractivity contribution in [2.45, 2.75) is 6.42 Å². The maximum absolute atomic E-state index is 12.9. The first-order valence-corrected chi connectivity index (χ1v) is 9.71. The van der Waals surface area contributed by atoms with Gasteiger partial charge in [-0.2, -0.15) is 0 Å². The van der Waals surface area contributed by atoms with E-state index in [-0.39, 0.29) is 16.2 Å². The van der Waals surface area contributed by atoms with Crippen molar-refractivity contribution >= 4 is 29.0 Å². The van der Waals surface area contributed by atoms with Gasteiger partial charge in [0.2, 0.25) is 0 Å². The first-order chi connectivity index (χ1) is 14.1. The molecule has 4 aromatic rings. The first-order valence-electron chi connectivity index (χ1n) is 9.30. The van der Waals surface area contributed by atoms with Crippen LogP contribution in [0, 0.1) is 4.77 Å². The van der Waals surface area contributed by atoms with Crippen molar-refractivity contribution in [1.82, 2.24) is 14.9 Å². The number of fused-ring (bicyclic) bond motifs is 1. The molecule has 1 amide bonds. The number of amides is 1. The lowest BCUT2D eigenvalue weighted by molar-refractivity contribution is 0.0954. The fourth-order valence-corrected chi connectivity index (χ4v) is 3.54. The number of nitrogens with zero attached hydrogens (tertiary/aromatic N) is 1. The van der Waals surface area contributed by atoms with Crippen molar-refractivity contribution in [3.63, 3.8) is 0 Å². The predicted molar refractivity (Wildman–Crippen MR) is 117 cm³/mol. The molecule has 1 heterocycles. The van der Waals surface area contributed by atoms with Gasteiger partial charge in [-0.3, -0.25) is 14.2 Å². The van der Waals surface area contributed by atoms with Gasteiger partial charge >= 0.3 is 0 Å². The molecule has 0 aliphatic heterocycles. The maximum Gasteiger partial charge on any atom is 0.266 e. The fraction of sp³-hybridized carbons (Fsp3) is 0.0870. The maximum atomic E-state index is 12.9. The standard InChI is InChI=1S/C23H19N3O2S/c27-21(24-14-13-16-7-3-1-4-8-16)17-11-12-19-20(15-17)25-23(29)26(22(19)28)18-9-5-2-6-10-18/h1-12,15H,13-14H2,(H,24,27)(H,25,29). The van der Waals surface area contributed by atoms with Crippen molar-refractivity contribution in [3.8, 4) is 5.69 Å². The highest BCUT2D eigenvalue weighted by molar-refractivity contribution is 7.71. The van der Waals surface area contributed by atoms with Gasteiger partial charge in [-0.05, 0) is 54.5 Å². The lowest BCUT2D eigenvalue weighted by atomic mass is 10.1. The van der Waals surface area contributed by atoms with Crippen LogP contribution < -0.4 is 10.9 Å². The molecule has 4 rings (SSSR count). The van der Waals surface area contributed by atoms with E-state index >= 15 is 0 Å². The van der Waals surface area contributed by atoms with Crippen LogP contribution >= 0.6 is 12.2 Å². The van der Waals surface area contributed by atoms with Gasteiger partial charge in [-0.25, -0.2) is 0 Å². The average Bonchev–Trinajstić information content (AvgIpc) is 2.75.